The predicted octanol–water partition coefficient (Wildman–Crippen LogP) is 5.38. The molecule has 2 bridgehead atoms. The summed E-state index contributed by atoms with van der Waals surface area (Å²) in [6.07, 6.45) is 4.24. The van der Waals surface area contributed by atoms with Crippen LogP contribution in [0.25, 0.3) is 0 Å². The largest absolute Gasteiger partial charge is 0.306 e. The average Bonchev–Trinajstić information content (AvgIpc) is 2.95. The van der Waals surface area contributed by atoms with Crippen LogP contribution >= 0.6 is 27.3 Å². The second kappa shape index (κ2) is 4.57. The van der Waals surface area contributed by atoms with Crippen LogP contribution in [-0.2, 0) is 0 Å². The smallest absolute Gasteiger partial charge is 0.0400 e. The molecule has 106 valence electrons. The molecule has 1 heterocycles. The van der Waals surface area contributed by atoms with E-state index in [1.807, 2.05) is 11.3 Å². The van der Waals surface area contributed by atoms with E-state index in [9.17, 15) is 0 Å². The fraction of sp³-hybridized carbons (Fsp3) is 0.750. The number of hydrogen-bond donors (Lipinski definition) is 1. The first-order valence-corrected chi connectivity index (χ1v) is 9.01. The molecule has 2 saturated carbocycles. The Labute approximate surface area is 129 Å². The first-order valence-electron chi connectivity index (χ1n) is 7.33. The van der Waals surface area contributed by atoms with Crippen molar-refractivity contribution in [2.75, 3.05) is 0 Å². The molecule has 0 radical (unpaired) electrons. The van der Waals surface area contributed by atoms with E-state index in [1.54, 1.807) is 0 Å². The molecule has 2 aliphatic carbocycles. The number of hydrogen-bond acceptors (Lipinski definition) is 2. The molecule has 3 heteroatoms. The second-order valence-electron chi connectivity index (χ2n) is 7.37. The average molecular weight is 342 g/mol. The van der Waals surface area contributed by atoms with E-state index in [4.69, 9.17) is 0 Å². The quantitative estimate of drug-likeness (QED) is 0.778. The van der Waals surface area contributed by atoms with Crippen molar-refractivity contribution in [3.63, 3.8) is 0 Å². The summed E-state index contributed by atoms with van der Waals surface area (Å²) in [4.78, 5) is 1.43. The van der Waals surface area contributed by atoms with Gasteiger partial charge in [-0.25, -0.2) is 0 Å². The van der Waals surface area contributed by atoms with Crippen LogP contribution in [0.1, 0.15) is 57.9 Å². The minimum Gasteiger partial charge on any atom is -0.306 e. The van der Waals surface area contributed by atoms with Gasteiger partial charge in [-0.05, 0) is 70.3 Å². The van der Waals surface area contributed by atoms with Gasteiger partial charge in [-0.2, -0.15) is 0 Å². The van der Waals surface area contributed by atoms with Crippen molar-refractivity contribution in [2.24, 2.45) is 16.7 Å². The maximum atomic E-state index is 3.96. The Morgan fingerprint density at radius 1 is 1.42 bits per heavy atom. The summed E-state index contributed by atoms with van der Waals surface area (Å²) in [5.74, 6) is 0.911. The topological polar surface area (TPSA) is 12.0 Å². The molecule has 0 aromatic carbocycles. The van der Waals surface area contributed by atoms with Gasteiger partial charge in [0.25, 0.3) is 0 Å². The van der Waals surface area contributed by atoms with Crippen LogP contribution in [0.15, 0.2) is 15.9 Å². The highest BCUT2D eigenvalue weighted by Crippen LogP contribution is 2.62. The summed E-state index contributed by atoms with van der Waals surface area (Å²) in [6, 6.07) is 3.24. The summed E-state index contributed by atoms with van der Waals surface area (Å²) < 4.78 is 1.25. The number of halogens is 1. The van der Waals surface area contributed by atoms with E-state index in [-0.39, 0.29) is 0 Å². The molecule has 0 saturated heterocycles. The summed E-state index contributed by atoms with van der Waals surface area (Å²) >= 11 is 5.52. The lowest BCUT2D eigenvalue weighted by molar-refractivity contribution is 0.101. The highest BCUT2D eigenvalue weighted by molar-refractivity contribution is 9.10. The highest BCUT2D eigenvalue weighted by atomic mass is 79.9. The lowest BCUT2D eigenvalue weighted by Gasteiger charge is -2.44. The van der Waals surface area contributed by atoms with Gasteiger partial charge in [0.2, 0.25) is 0 Å². The van der Waals surface area contributed by atoms with Crippen LogP contribution in [0, 0.1) is 16.7 Å². The van der Waals surface area contributed by atoms with Crippen LogP contribution in [-0.4, -0.2) is 6.04 Å². The maximum absolute atomic E-state index is 3.96. The zero-order valence-electron chi connectivity index (χ0n) is 12.3. The van der Waals surface area contributed by atoms with Crippen molar-refractivity contribution in [1.82, 2.24) is 5.32 Å². The number of thiophene rings is 1. The normalized spacial score (nSPS) is 37.7. The molecule has 1 nitrogen and oxygen atoms in total. The van der Waals surface area contributed by atoms with Crippen molar-refractivity contribution in [1.29, 1.82) is 0 Å². The van der Waals surface area contributed by atoms with Gasteiger partial charge in [0.15, 0.2) is 0 Å². The van der Waals surface area contributed by atoms with Crippen LogP contribution < -0.4 is 5.32 Å². The Morgan fingerprint density at radius 3 is 2.68 bits per heavy atom. The molecule has 3 rings (SSSR count). The third-order valence-electron chi connectivity index (χ3n) is 5.72. The monoisotopic (exact) mass is 341 g/mol. The molecule has 0 amide bonds. The standard InChI is InChI=1S/C16H24BrNS/c1-10(13-12(17)6-8-19-13)18-14-15(2,3)11-5-7-16(14,4)9-11/h6,8,10-11,14,18H,5,7,9H2,1-4H3. The van der Waals surface area contributed by atoms with Crippen molar-refractivity contribution in [3.05, 3.63) is 20.8 Å². The fourth-order valence-corrected chi connectivity index (χ4v) is 6.39. The van der Waals surface area contributed by atoms with Gasteiger partial charge in [-0.15, -0.1) is 11.3 Å². The first-order chi connectivity index (χ1) is 8.84. The van der Waals surface area contributed by atoms with E-state index in [1.165, 1.54) is 28.6 Å². The van der Waals surface area contributed by atoms with Gasteiger partial charge in [0.05, 0.1) is 0 Å². The van der Waals surface area contributed by atoms with Gasteiger partial charge < -0.3 is 5.32 Å². The number of rotatable bonds is 3. The summed E-state index contributed by atoms with van der Waals surface area (Å²) in [5.41, 5.74) is 0.942. The van der Waals surface area contributed by atoms with Crippen molar-refractivity contribution in [2.45, 2.75) is 59.0 Å². The molecule has 19 heavy (non-hydrogen) atoms. The number of fused-ring (bicyclic) bond motifs is 2. The highest BCUT2D eigenvalue weighted by Gasteiger charge is 2.59. The Hall–Kier alpha value is 0.140. The molecular formula is C16H24BrNS. The zero-order chi connectivity index (χ0) is 13.8. The predicted molar refractivity (Wildman–Crippen MR) is 86.6 cm³/mol. The lowest BCUT2D eigenvalue weighted by Crippen LogP contribution is -2.50. The van der Waals surface area contributed by atoms with Gasteiger partial charge in [-0.1, -0.05) is 20.8 Å². The Morgan fingerprint density at radius 2 is 2.16 bits per heavy atom. The molecule has 4 atom stereocenters. The maximum Gasteiger partial charge on any atom is 0.0400 e. The lowest BCUT2D eigenvalue weighted by atomic mass is 9.68. The van der Waals surface area contributed by atoms with Gasteiger partial charge in [-0.3, -0.25) is 0 Å². The molecule has 0 aliphatic heterocycles. The van der Waals surface area contributed by atoms with Crippen LogP contribution in [0.3, 0.4) is 0 Å². The van der Waals surface area contributed by atoms with Crippen molar-refractivity contribution >= 4 is 27.3 Å². The van der Waals surface area contributed by atoms with Gasteiger partial charge >= 0.3 is 0 Å². The molecule has 2 aliphatic rings. The van der Waals surface area contributed by atoms with Crippen LogP contribution in [0.5, 0.6) is 0 Å². The minimum absolute atomic E-state index is 0.436. The van der Waals surface area contributed by atoms with Crippen LogP contribution in [0.2, 0.25) is 0 Å². The van der Waals surface area contributed by atoms with Gasteiger partial charge in [0, 0.05) is 21.4 Å². The zero-order valence-corrected chi connectivity index (χ0v) is 14.7. The molecule has 0 spiro atoms. The molecule has 2 fully saturated rings. The molecular weight excluding hydrogens is 318 g/mol. The number of nitrogens with one attached hydrogen (secondary N) is 1. The van der Waals surface area contributed by atoms with E-state index in [0.29, 0.717) is 22.9 Å². The van der Waals surface area contributed by atoms with E-state index >= 15 is 0 Å². The van der Waals surface area contributed by atoms with Crippen LogP contribution in [0.4, 0.5) is 0 Å². The molecule has 1 N–H and O–H groups in total. The summed E-state index contributed by atoms with van der Waals surface area (Å²) in [7, 11) is 0. The van der Waals surface area contributed by atoms with E-state index in [0.717, 1.165) is 5.92 Å². The van der Waals surface area contributed by atoms with Crippen molar-refractivity contribution in [3.8, 4) is 0 Å². The second-order valence-corrected chi connectivity index (χ2v) is 9.17. The Bertz CT molecular complexity index is 476. The molecule has 4 unspecified atom stereocenters. The van der Waals surface area contributed by atoms with Gasteiger partial charge in [0.1, 0.15) is 0 Å². The minimum atomic E-state index is 0.436. The molecule has 1 aromatic heterocycles. The van der Waals surface area contributed by atoms with Crippen molar-refractivity contribution < 1.29 is 0 Å². The first kappa shape index (κ1) is 14.1. The summed E-state index contributed by atoms with van der Waals surface area (Å²) in [5, 5.41) is 6.14. The third kappa shape index (κ3) is 2.13. The SMILES string of the molecule is CC(NC1C2(C)CCC(C2)C1(C)C)c1sccc1Br. The Kier molecular flexibility index (Phi) is 3.39. The molecule has 1 aromatic rings. The fourth-order valence-electron chi connectivity index (χ4n) is 4.66. The Balaban J connectivity index is 1.81. The van der Waals surface area contributed by atoms with E-state index < -0.39 is 0 Å². The third-order valence-corrected chi connectivity index (χ3v) is 7.78. The summed E-state index contributed by atoms with van der Waals surface area (Å²) in [6.45, 7) is 9.74. The van der Waals surface area contributed by atoms with E-state index in [2.05, 4.69) is 60.4 Å².